The molecule has 32 heavy (non-hydrogen) atoms. The van der Waals surface area contributed by atoms with Crippen LogP contribution in [0, 0.1) is 5.92 Å². The molecule has 0 bridgehead atoms. The van der Waals surface area contributed by atoms with Gasteiger partial charge in [-0.25, -0.2) is 9.99 Å². The van der Waals surface area contributed by atoms with Crippen LogP contribution in [0.15, 0.2) is 36.8 Å². The lowest BCUT2D eigenvalue weighted by atomic mass is 9.90. The minimum absolute atomic E-state index is 0.133. The highest BCUT2D eigenvalue weighted by atomic mass is 16.2. The molecule has 4 heterocycles. The summed E-state index contributed by atoms with van der Waals surface area (Å²) in [5, 5.41) is 4.04. The van der Waals surface area contributed by atoms with Gasteiger partial charge in [0, 0.05) is 39.4 Å². The number of piperazine rings is 1. The maximum atomic E-state index is 13.1. The number of amides is 1. The van der Waals surface area contributed by atoms with Gasteiger partial charge >= 0.3 is 0 Å². The molecule has 5 rings (SSSR count). The molecule has 168 valence electrons. The number of fused-ring (bicyclic) bond motifs is 1. The number of nitrogens with zero attached hydrogens (tertiary/aromatic N) is 7. The summed E-state index contributed by atoms with van der Waals surface area (Å²) in [6.45, 7) is 6.34. The van der Waals surface area contributed by atoms with Crippen molar-refractivity contribution in [2.75, 3.05) is 49.7 Å². The average Bonchev–Trinajstić information content (AvgIpc) is 3.14. The highest BCUT2D eigenvalue weighted by Gasteiger charge is 2.32. The first-order valence-corrected chi connectivity index (χ1v) is 11.5. The third kappa shape index (κ3) is 4.19. The van der Waals surface area contributed by atoms with Gasteiger partial charge in [0.05, 0.1) is 30.3 Å². The predicted octanol–water partition coefficient (Wildman–Crippen LogP) is 2.59. The number of carbonyl (C=O) groups is 1. The van der Waals surface area contributed by atoms with Crippen molar-refractivity contribution >= 4 is 23.0 Å². The lowest BCUT2D eigenvalue weighted by molar-refractivity contribution is -0.130. The van der Waals surface area contributed by atoms with Crippen molar-refractivity contribution in [3.8, 4) is 0 Å². The van der Waals surface area contributed by atoms with E-state index in [0.29, 0.717) is 13.1 Å². The van der Waals surface area contributed by atoms with Gasteiger partial charge in [-0.3, -0.25) is 19.8 Å². The van der Waals surface area contributed by atoms with Gasteiger partial charge in [-0.15, -0.1) is 0 Å². The molecule has 2 aliphatic heterocycles. The summed E-state index contributed by atoms with van der Waals surface area (Å²) >= 11 is 0. The molecular weight excluding hydrogens is 402 g/mol. The monoisotopic (exact) mass is 433 g/mol. The third-order valence-electron chi connectivity index (χ3n) is 6.79. The van der Waals surface area contributed by atoms with E-state index in [2.05, 4.69) is 34.0 Å². The fourth-order valence-electron chi connectivity index (χ4n) is 4.72. The zero-order valence-corrected chi connectivity index (χ0v) is 18.9. The Morgan fingerprint density at radius 3 is 2.75 bits per heavy atom. The summed E-state index contributed by atoms with van der Waals surface area (Å²) in [6, 6.07) is 4.02. The molecule has 0 saturated carbocycles. The Bertz CT molecular complexity index is 1000. The lowest BCUT2D eigenvalue weighted by Crippen LogP contribution is -2.52. The van der Waals surface area contributed by atoms with Crippen molar-refractivity contribution in [2.45, 2.75) is 32.7 Å². The zero-order valence-electron chi connectivity index (χ0n) is 18.9. The number of hydrogen-bond acceptors (Lipinski definition) is 7. The van der Waals surface area contributed by atoms with Gasteiger partial charge in [0.2, 0.25) is 5.91 Å². The molecule has 1 atom stereocenters. The molecule has 1 fully saturated rings. The molecule has 0 spiro atoms. The maximum Gasteiger partial charge on any atom is 0.243 e. The highest BCUT2D eigenvalue weighted by Crippen LogP contribution is 2.32. The maximum absolute atomic E-state index is 13.1. The molecular formula is C24H31N7O. The van der Waals surface area contributed by atoms with Crippen molar-refractivity contribution < 1.29 is 4.79 Å². The normalized spacial score (nSPS) is 21.5. The van der Waals surface area contributed by atoms with E-state index in [1.165, 1.54) is 12.0 Å². The molecule has 0 N–H and O–H groups in total. The van der Waals surface area contributed by atoms with E-state index in [4.69, 9.17) is 9.97 Å². The van der Waals surface area contributed by atoms with Crippen molar-refractivity contribution in [3.63, 3.8) is 0 Å². The molecule has 3 aliphatic rings. The Morgan fingerprint density at radius 1 is 1.19 bits per heavy atom. The Morgan fingerprint density at radius 2 is 2.03 bits per heavy atom. The lowest BCUT2D eigenvalue weighted by Gasteiger charge is -2.37. The van der Waals surface area contributed by atoms with Crippen molar-refractivity contribution in [3.05, 3.63) is 48.2 Å². The van der Waals surface area contributed by atoms with Gasteiger partial charge in [0.15, 0.2) is 5.82 Å². The van der Waals surface area contributed by atoms with Crippen LogP contribution in [0.4, 0.5) is 11.5 Å². The molecule has 1 saturated heterocycles. The number of hydrazine groups is 1. The summed E-state index contributed by atoms with van der Waals surface area (Å²) in [5.74, 6) is 1.69. The Hall–Kier alpha value is -3.00. The van der Waals surface area contributed by atoms with Crippen LogP contribution >= 0.6 is 0 Å². The van der Waals surface area contributed by atoms with Gasteiger partial charge in [0.25, 0.3) is 0 Å². The largest absolute Gasteiger partial charge is 0.367 e. The first-order valence-electron chi connectivity index (χ1n) is 11.5. The fraction of sp³-hybridized carbons (Fsp3) is 0.500. The summed E-state index contributed by atoms with van der Waals surface area (Å²) in [6.07, 6.45) is 11.2. The smallest absolute Gasteiger partial charge is 0.243 e. The second-order valence-corrected chi connectivity index (χ2v) is 9.09. The molecule has 2 aromatic rings. The van der Waals surface area contributed by atoms with Crippen LogP contribution in [0.1, 0.15) is 37.6 Å². The van der Waals surface area contributed by atoms with E-state index in [-0.39, 0.29) is 5.91 Å². The molecule has 1 aliphatic carbocycles. The Kier molecular flexibility index (Phi) is 5.78. The summed E-state index contributed by atoms with van der Waals surface area (Å²) in [7, 11) is 2.00. The minimum atomic E-state index is 0.133. The predicted molar refractivity (Wildman–Crippen MR) is 125 cm³/mol. The fourth-order valence-corrected chi connectivity index (χ4v) is 4.72. The van der Waals surface area contributed by atoms with Crippen LogP contribution in [-0.2, 0) is 11.3 Å². The molecule has 2 aromatic heterocycles. The minimum Gasteiger partial charge on any atom is -0.367 e. The summed E-state index contributed by atoms with van der Waals surface area (Å²) in [5.41, 5.74) is 4.29. The SMILES string of the molecule is CC1CC=C(c2cnc3c(n2)N(CC(=O)N2CCN(c4cccnc4)CC2)N(C)C3)CC1. The number of allylic oxidation sites excluding steroid dienone is 2. The Labute approximate surface area is 189 Å². The van der Waals surface area contributed by atoms with Crippen LogP contribution < -0.4 is 9.91 Å². The van der Waals surface area contributed by atoms with Gasteiger partial charge in [0.1, 0.15) is 12.2 Å². The molecule has 1 unspecified atom stereocenters. The van der Waals surface area contributed by atoms with E-state index in [1.54, 1.807) is 6.20 Å². The first kappa shape index (κ1) is 20.9. The second kappa shape index (κ2) is 8.86. The molecule has 8 nitrogen and oxygen atoms in total. The number of pyridine rings is 1. The van der Waals surface area contributed by atoms with Gasteiger partial charge in [-0.2, -0.15) is 0 Å². The van der Waals surface area contributed by atoms with E-state index < -0.39 is 0 Å². The zero-order chi connectivity index (χ0) is 22.1. The van der Waals surface area contributed by atoms with Crippen LogP contribution in [0.25, 0.3) is 5.57 Å². The molecule has 0 aromatic carbocycles. The highest BCUT2D eigenvalue weighted by molar-refractivity contribution is 5.82. The van der Waals surface area contributed by atoms with Crippen molar-refractivity contribution in [1.82, 2.24) is 24.9 Å². The summed E-state index contributed by atoms with van der Waals surface area (Å²) < 4.78 is 0. The van der Waals surface area contributed by atoms with Crippen LogP contribution in [0.3, 0.4) is 0 Å². The molecule has 8 heteroatoms. The summed E-state index contributed by atoms with van der Waals surface area (Å²) in [4.78, 5) is 31.2. The van der Waals surface area contributed by atoms with E-state index in [9.17, 15) is 4.79 Å². The van der Waals surface area contributed by atoms with E-state index in [1.807, 2.05) is 35.4 Å². The van der Waals surface area contributed by atoms with Crippen LogP contribution in [0.5, 0.6) is 0 Å². The van der Waals surface area contributed by atoms with Crippen LogP contribution in [-0.4, -0.2) is 70.5 Å². The number of aromatic nitrogens is 3. The number of carbonyl (C=O) groups excluding carboxylic acids is 1. The average molecular weight is 434 g/mol. The van der Waals surface area contributed by atoms with Gasteiger partial charge < -0.3 is 9.80 Å². The standard InChI is InChI=1S/C24H31N7O/c1-18-5-7-19(8-6-18)21-15-26-22-16-28(2)31(24(22)27-21)17-23(32)30-12-10-29(11-13-30)20-4-3-9-25-14-20/h3-4,7,9,14-15,18H,5-6,8,10-13,16-17H2,1-2H3. The molecule has 1 amide bonds. The van der Waals surface area contributed by atoms with E-state index in [0.717, 1.165) is 67.8 Å². The van der Waals surface area contributed by atoms with Crippen molar-refractivity contribution in [2.24, 2.45) is 5.92 Å². The number of rotatable bonds is 4. The number of hydrogen-bond donors (Lipinski definition) is 0. The Balaban J connectivity index is 1.25. The van der Waals surface area contributed by atoms with Gasteiger partial charge in [-0.1, -0.05) is 13.0 Å². The molecule has 0 radical (unpaired) electrons. The van der Waals surface area contributed by atoms with E-state index >= 15 is 0 Å². The second-order valence-electron chi connectivity index (χ2n) is 9.09. The number of anilines is 2. The topological polar surface area (TPSA) is 68.7 Å². The van der Waals surface area contributed by atoms with Gasteiger partial charge in [-0.05, 0) is 42.9 Å². The van der Waals surface area contributed by atoms with Crippen LogP contribution in [0.2, 0.25) is 0 Å². The quantitative estimate of drug-likeness (QED) is 0.734. The first-order chi connectivity index (χ1) is 15.6. The third-order valence-corrected chi connectivity index (χ3v) is 6.79. The van der Waals surface area contributed by atoms with Crippen molar-refractivity contribution in [1.29, 1.82) is 0 Å².